The van der Waals surface area contributed by atoms with Gasteiger partial charge in [0, 0.05) is 19.4 Å². The number of ether oxygens (including phenoxy) is 2. The Balaban J connectivity index is 4.16. The average Bonchev–Trinajstić information content (AvgIpc) is 3.11. The molecule has 0 heterocycles. The van der Waals surface area contributed by atoms with Gasteiger partial charge in [0.2, 0.25) is 0 Å². The quantitative estimate of drug-likeness (QED) is 0.0273. The predicted octanol–water partition coefficient (Wildman–Crippen LogP) is 11.6. The van der Waals surface area contributed by atoms with Crippen molar-refractivity contribution in [2.45, 2.75) is 200 Å². The Bertz CT molecular complexity index is 897. The van der Waals surface area contributed by atoms with Crippen LogP contribution in [0.3, 0.4) is 0 Å². The molecule has 0 aliphatic carbocycles. The first kappa shape index (κ1) is 49.5. The number of phosphoric acid groups is 1. The minimum Gasteiger partial charge on any atom is -0.462 e. The first-order chi connectivity index (χ1) is 24.8. The molecule has 300 valence electrons. The van der Waals surface area contributed by atoms with Crippen molar-refractivity contribution in [1.29, 1.82) is 0 Å². The molecule has 0 aromatic rings. The molecule has 2 atom stereocenters. The number of hydrogen-bond donors (Lipinski definition) is 2. The molecule has 0 fully saturated rings. The Kier molecular flexibility index (Phi) is 37.1. The third-order valence-electron chi connectivity index (χ3n) is 8.84. The van der Waals surface area contributed by atoms with Crippen LogP contribution in [0, 0.1) is 0 Å². The Morgan fingerprint density at radius 2 is 1.02 bits per heavy atom. The molecule has 3 N–H and O–H groups in total. The summed E-state index contributed by atoms with van der Waals surface area (Å²) in [5.74, 6) is -0.832. The average molecular weight is 744 g/mol. The molecule has 0 radical (unpaired) electrons. The normalized spacial score (nSPS) is 13.6. The van der Waals surface area contributed by atoms with Crippen LogP contribution in [0.5, 0.6) is 0 Å². The van der Waals surface area contributed by atoms with Gasteiger partial charge in [-0.25, -0.2) is 4.57 Å². The lowest BCUT2D eigenvalue weighted by Gasteiger charge is -2.19. The fraction of sp³-hybridized carbons (Fsp3) is 0.854. The summed E-state index contributed by atoms with van der Waals surface area (Å²) in [5.41, 5.74) is 5.34. The number of hydrogen-bond acceptors (Lipinski definition) is 8. The summed E-state index contributed by atoms with van der Waals surface area (Å²) in [7, 11) is -4.37. The second kappa shape index (κ2) is 38.2. The number of carbonyl (C=O) groups excluding carboxylic acids is 2. The molecule has 9 nitrogen and oxygen atoms in total. The molecule has 0 saturated heterocycles. The smallest absolute Gasteiger partial charge is 0.462 e. The van der Waals surface area contributed by atoms with Crippen LogP contribution in [0.1, 0.15) is 194 Å². The highest BCUT2D eigenvalue weighted by atomic mass is 31.2. The standard InChI is InChI=1S/C41H78NO8P/c1-3-5-7-9-11-13-15-17-18-19-20-22-23-25-27-29-31-33-40(43)47-37-39(38-49-51(45,46)48-36-35-42)50-41(44)34-32-30-28-26-24-21-16-14-12-10-8-6-4-2/h11,13,17-18,39H,3-10,12,14-16,19-38,42H2,1-2H3,(H,45,46). The Morgan fingerprint density at radius 3 is 1.53 bits per heavy atom. The van der Waals surface area contributed by atoms with E-state index in [0.717, 1.165) is 51.4 Å². The molecular formula is C41H78NO8P. The maximum atomic E-state index is 12.5. The molecule has 0 rings (SSSR count). The largest absolute Gasteiger partial charge is 0.472 e. The lowest BCUT2D eigenvalue weighted by Crippen LogP contribution is -2.29. The highest BCUT2D eigenvalue weighted by molar-refractivity contribution is 7.47. The van der Waals surface area contributed by atoms with Crippen LogP contribution in [0.25, 0.3) is 0 Å². The number of allylic oxidation sites excluding steroid dienone is 4. The maximum absolute atomic E-state index is 12.5. The highest BCUT2D eigenvalue weighted by Gasteiger charge is 2.26. The van der Waals surface area contributed by atoms with E-state index in [-0.39, 0.29) is 38.6 Å². The van der Waals surface area contributed by atoms with Crippen LogP contribution in [0.2, 0.25) is 0 Å². The molecule has 0 aliphatic heterocycles. The zero-order valence-corrected chi connectivity index (χ0v) is 33.7. The van der Waals surface area contributed by atoms with E-state index in [1.165, 1.54) is 109 Å². The Morgan fingerprint density at radius 1 is 0.588 bits per heavy atom. The van der Waals surface area contributed by atoms with Crippen molar-refractivity contribution in [3.8, 4) is 0 Å². The van der Waals surface area contributed by atoms with Crippen molar-refractivity contribution in [3.05, 3.63) is 24.3 Å². The monoisotopic (exact) mass is 744 g/mol. The summed E-state index contributed by atoms with van der Waals surface area (Å²) in [6.07, 6.45) is 39.1. The number of carbonyl (C=O) groups is 2. The topological polar surface area (TPSA) is 134 Å². The van der Waals surface area contributed by atoms with Crippen LogP contribution in [0.15, 0.2) is 24.3 Å². The summed E-state index contributed by atoms with van der Waals surface area (Å²) in [4.78, 5) is 34.8. The molecule has 10 heteroatoms. The van der Waals surface area contributed by atoms with Crippen molar-refractivity contribution in [2.24, 2.45) is 5.73 Å². The summed E-state index contributed by atoms with van der Waals surface area (Å²) in [6, 6.07) is 0. The van der Waals surface area contributed by atoms with Crippen LogP contribution in [-0.4, -0.2) is 49.3 Å². The summed E-state index contributed by atoms with van der Waals surface area (Å²) in [5, 5.41) is 0. The third kappa shape index (κ3) is 38.0. The van der Waals surface area contributed by atoms with E-state index >= 15 is 0 Å². The van der Waals surface area contributed by atoms with Crippen LogP contribution < -0.4 is 5.73 Å². The van der Waals surface area contributed by atoms with E-state index < -0.39 is 26.5 Å². The first-order valence-corrected chi connectivity index (χ1v) is 22.3. The molecule has 0 amide bonds. The zero-order chi connectivity index (χ0) is 37.5. The van der Waals surface area contributed by atoms with Crippen molar-refractivity contribution in [1.82, 2.24) is 0 Å². The van der Waals surface area contributed by atoms with Gasteiger partial charge in [-0.15, -0.1) is 0 Å². The maximum Gasteiger partial charge on any atom is 0.472 e. The van der Waals surface area contributed by atoms with Crippen molar-refractivity contribution >= 4 is 19.8 Å². The van der Waals surface area contributed by atoms with E-state index in [1.807, 2.05) is 0 Å². The van der Waals surface area contributed by atoms with E-state index in [1.54, 1.807) is 0 Å². The number of nitrogens with two attached hydrogens (primary N) is 1. The van der Waals surface area contributed by atoms with Gasteiger partial charge >= 0.3 is 19.8 Å². The molecule has 0 bridgehead atoms. The number of unbranched alkanes of at least 4 members (excludes halogenated alkanes) is 22. The van der Waals surface area contributed by atoms with E-state index in [9.17, 15) is 19.0 Å². The summed E-state index contributed by atoms with van der Waals surface area (Å²) < 4.78 is 32.7. The van der Waals surface area contributed by atoms with Gasteiger partial charge in [-0.05, 0) is 44.9 Å². The minimum atomic E-state index is -4.37. The molecule has 0 saturated carbocycles. The van der Waals surface area contributed by atoms with Gasteiger partial charge in [0.1, 0.15) is 6.61 Å². The van der Waals surface area contributed by atoms with Gasteiger partial charge < -0.3 is 20.1 Å². The van der Waals surface area contributed by atoms with Crippen molar-refractivity contribution in [2.75, 3.05) is 26.4 Å². The molecule has 0 spiro atoms. The lowest BCUT2D eigenvalue weighted by atomic mass is 10.0. The van der Waals surface area contributed by atoms with Gasteiger partial charge in [0.05, 0.1) is 13.2 Å². The van der Waals surface area contributed by atoms with Crippen LogP contribution in [-0.2, 0) is 32.7 Å². The Labute approximate surface area is 312 Å². The number of phosphoric ester groups is 1. The lowest BCUT2D eigenvalue weighted by molar-refractivity contribution is -0.161. The molecule has 2 unspecified atom stereocenters. The molecule has 51 heavy (non-hydrogen) atoms. The van der Waals surface area contributed by atoms with E-state index in [4.69, 9.17) is 24.3 Å². The second-order valence-electron chi connectivity index (χ2n) is 13.9. The molecule has 0 aromatic carbocycles. The van der Waals surface area contributed by atoms with Crippen LogP contribution >= 0.6 is 7.82 Å². The second-order valence-corrected chi connectivity index (χ2v) is 15.3. The third-order valence-corrected chi connectivity index (χ3v) is 9.82. The predicted molar refractivity (Wildman–Crippen MR) is 211 cm³/mol. The Hall–Kier alpha value is -1.51. The summed E-state index contributed by atoms with van der Waals surface area (Å²) in [6.45, 7) is 3.70. The SMILES string of the molecule is CCCCCC=CCC=CCCCCCCCCCC(=O)OCC(COP(=O)(O)OCCN)OC(=O)CCCCCCCCCCCCCCC. The zero-order valence-electron chi connectivity index (χ0n) is 32.8. The van der Waals surface area contributed by atoms with Gasteiger partial charge in [0.15, 0.2) is 6.10 Å². The van der Waals surface area contributed by atoms with Gasteiger partial charge in [-0.3, -0.25) is 18.6 Å². The number of esters is 2. The fourth-order valence-corrected chi connectivity index (χ4v) is 6.49. The van der Waals surface area contributed by atoms with E-state index in [2.05, 4.69) is 38.2 Å². The van der Waals surface area contributed by atoms with E-state index in [0.29, 0.717) is 6.42 Å². The summed E-state index contributed by atoms with van der Waals surface area (Å²) >= 11 is 0. The molecule has 0 aliphatic rings. The van der Waals surface area contributed by atoms with Gasteiger partial charge in [0.25, 0.3) is 0 Å². The molecule has 0 aromatic heterocycles. The minimum absolute atomic E-state index is 0.0538. The fourth-order valence-electron chi connectivity index (χ4n) is 5.72. The number of rotatable bonds is 39. The first-order valence-electron chi connectivity index (χ1n) is 20.8. The van der Waals surface area contributed by atoms with Crippen molar-refractivity contribution < 1.29 is 37.6 Å². The highest BCUT2D eigenvalue weighted by Crippen LogP contribution is 2.43. The van der Waals surface area contributed by atoms with Gasteiger partial charge in [-0.1, -0.05) is 160 Å². The van der Waals surface area contributed by atoms with Crippen LogP contribution in [0.4, 0.5) is 0 Å². The van der Waals surface area contributed by atoms with Gasteiger partial charge in [-0.2, -0.15) is 0 Å². The van der Waals surface area contributed by atoms with Crippen molar-refractivity contribution in [3.63, 3.8) is 0 Å². The molecular weight excluding hydrogens is 665 g/mol.